The first-order valence-corrected chi connectivity index (χ1v) is 7.40. The molecule has 2 aromatic carbocycles. The van der Waals surface area contributed by atoms with Crippen LogP contribution in [0.4, 0.5) is 5.82 Å². The van der Waals surface area contributed by atoms with E-state index in [1.54, 1.807) is 0 Å². The van der Waals surface area contributed by atoms with Gasteiger partial charge in [0.2, 0.25) is 11.5 Å². The summed E-state index contributed by atoms with van der Waals surface area (Å²) in [5.74, 6) is -0.371. The van der Waals surface area contributed by atoms with Gasteiger partial charge in [-0.1, -0.05) is 42.5 Å². The molecular formula is C16H18N5O2+. The molecule has 0 aliphatic rings. The molecule has 7 nitrogen and oxygen atoms in total. The van der Waals surface area contributed by atoms with Crippen molar-refractivity contribution < 1.29 is 14.7 Å². The van der Waals surface area contributed by atoms with Crippen molar-refractivity contribution in [3.63, 3.8) is 0 Å². The Morgan fingerprint density at radius 3 is 2.83 bits per heavy atom. The predicted octanol–water partition coefficient (Wildman–Crippen LogP) is 0.298. The van der Waals surface area contributed by atoms with Crippen LogP contribution in [-0.2, 0) is 6.54 Å². The molecule has 118 valence electrons. The van der Waals surface area contributed by atoms with E-state index in [0.29, 0.717) is 6.54 Å². The highest BCUT2D eigenvalue weighted by molar-refractivity contribution is 5.95. The van der Waals surface area contributed by atoms with Crippen LogP contribution in [0.3, 0.4) is 0 Å². The maximum Gasteiger partial charge on any atom is 0.277 e. The Kier molecular flexibility index (Phi) is 4.49. The zero-order valence-electron chi connectivity index (χ0n) is 12.5. The van der Waals surface area contributed by atoms with Gasteiger partial charge in [0.05, 0.1) is 13.1 Å². The van der Waals surface area contributed by atoms with E-state index in [0.717, 1.165) is 13.1 Å². The van der Waals surface area contributed by atoms with E-state index in [1.807, 2.05) is 12.1 Å². The molecule has 3 rings (SSSR count). The van der Waals surface area contributed by atoms with Crippen molar-refractivity contribution in [2.75, 3.05) is 18.8 Å². The van der Waals surface area contributed by atoms with Gasteiger partial charge in [-0.15, -0.1) is 0 Å². The van der Waals surface area contributed by atoms with Crippen molar-refractivity contribution in [1.82, 2.24) is 15.6 Å². The highest BCUT2D eigenvalue weighted by Gasteiger charge is 2.15. The molecule has 0 unspecified atom stereocenters. The van der Waals surface area contributed by atoms with Crippen LogP contribution in [0, 0.1) is 0 Å². The molecule has 3 aromatic rings. The Morgan fingerprint density at radius 2 is 2.00 bits per heavy atom. The number of nitrogens with zero attached hydrogens (tertiary/aromatic N) is 2. The number of aromatic nitrogens is 2. The third-order valence-electron chi connectivity index (χ3n) is 3.61. The van der Waals surface area contributed by atoms with Crippen LogP contribution in [-0.4, -0.2) is 29.3 Å². The zero-order valence-corrected chi connectivity index (χ0v) is 12.5. The minimum Gasteiger partial charge on any atom is -0.379 e. The van der Waals surface area contributed by atoms with Gasteiger partial charge in [0.15, 0.2) is 0 Å². The van der Waals surface area contributed by atoms with Crippen molar-refractivity contribution in [3.8, 4) is 0 Å². The molecule has 0 saturated carbocycles. The summed E-state index contributed by atoms with van der Waals surface area (Å²) >= 11 is 0. The number of nitrogens with two attached hydrogens (primary N) is 2. The van der Waals surface area contributed by atoms with E-state index in [1.165, 1.54) is 16.3 Å². The first-order valence-electron chi connectivity index (χ1n) is 7.40. The summed E-state index contributed by atoms with van der Waals surface area (Å²) in [5, 5.41) is 14.2. The topological polar surface area (TPSA) is 111 Å². The number of nitrogens with one attached hydrogen (secondary N) is 1. The summed E-state index contributed by atoms with van der Waals surface area (Å²) in [6, 6.07) is 14.6. The van der Waals surface area contributed by atoms with Gasteiger partial charge >= 0.3 is 0 Å². The third kappa shape index (κ3) is 3.46. The molecule has 0 spiro atoms. The Labute approximate surface area is 132 Å². The molecule has 0 atom stereocenters. The number of nitrogen functional groups attached to an aromatic ring is 1. The molecule has 0 aliphatic carbocycles. The molecule has 0 saturated heterocycles. The SMILES string of the molecule is Nc1nonc1C(=O)NCC[NH2+]Cc1cccc2ccccc12. The van der Waals surface area contributed by atoms with Crippen LogP contribution in [0.15, 0.2) is 47.1 Å². The normalized spacial score (nSPS) is 10.8. The summed E-state index contributed by atoms with van der Waals surface area (Å²) in [6.45, 7) is 2.11. The van der Waals surface area contributed by atoms with Gasteiger partial charge in [0, 0.05) is 5.56 Å². The van der Waals surface area contributed by atoms with Crippen molar-refractivity contribution >= 4 is 22.5 Å². The van der Waals surface area contributed by atoms with Crippen molar-refractivity contribution in [2.24, 2.45) is 0 Å². The van der Waals surface area contributed by atoms with Gasteiger partial charge in [-0.25, -0.2) is 4.63 Å². The lowest BCUT2D eigenvalue weighted by Crippen LogP contribution is -2.84. The monoisotopic (exact) mass is 312 g/mol. The lowest BCUT2D eigenvalue weighted by molar-refractivity contribution is -0.668. The lowest BCUT2D eigenvalue weighted by atomic mass is 10.0. The van der Waals surface area contributed by atoms with E-state index in [9.17, 15) is 4.79 Å². The Bertz CT molecular complexity index is 810. The molecular weight excluding hydrogens is 294 g/mol. The quantitative estimate of drug-likeness (QED) is 0.567. The summed E-state index contributed by atoms with van der Waals surface area (Å²) in [5.41, 5.74) is 6.77. The van der Waals surface area contributed by atoms with Gasteiger partial charge in [0.1, 0.15) is 6.54 Å². The van der Waals surface area contributed by atoms with Gasteiger partial charge in [-0.2, -0.15) is 0 Å². The van der Waals surface area contributed by atoms with Crippen molar-refractivity contribution in [1.29, 1.82) is 0 Å². The Morgan fingerprint density at radius 1 is 1.17 bits per heavy atom. The number of rotatable bonds is 6. The zero-order chi connectivity index (χ0) is 16.1. The minimum atomic E-state index is -0.373. The molecule has 7 heteroatoms. The number of anilines is 1. The van der Waals surface area contributed by atoms with E-state index < -0.39 is 0 Å². The summed E-state index contributed by atoms with van der Waals surface area (Å²) in [4.78, 5) is 11.8. The predicted molar refractivity (Wildman–Crippen MR) is 85.5 cm³/mol. The average Bonchev–Trinajstić information content (AvgIpc) is 3.00. The second-order valence-corrected chi connectivity index (χ2v) is 5.17. The molecule has 1 heterocycles. The molecule has 0 bridgehead atoms. The average molecular weight is 312 g/mol. The number of amides is 1. The van der Waals surface area contributed by atoms with E-state index >= 15 is 0 Å². The Hall–Kier alpha value is -2.93. The Balaban J connectivity index is 1.48. The fourth-order valence-corrected chi connectivity index (χ4v) is 2.45. The van der Waals surface area contributed by atoms with Gasteiger partial charge in [0.25, 0.3) is 5.91 Å². The number of fused-ring (bicyclic) bond motifs is 1. The molecule has 0 radical (unpaired) electrons. The summed E-state index contributed by atoms with van der Waals surface area (Å²) < 4.78 is 4.40. The molecule has 1 aromatic heterocycles. The largest absolute Gasteiger partial charge is 0.379 e. The van der Waals surface area contributed by atoms with Gasteiger partial charge in [-0.05, 0) is 21.1 Å². The molecule has 5 N–H and O–H groups in total. The van der Waals surface area contributed by atoms with E-state index in [-0.39, 0.29) is 17.4 Å². The number of benzene rings is 2. The third-order valence-corrected chi connectivity index (χ3v) is 3.61. The summed E-state index contributed by atoms with van der Waals surface area (Å²) in [6.07, 6.45) is 0. The smallest absolute Gasteiger partial charge is 0.277 e. The standard InChI is InChI=1S/C16H17N5O2/c17-15-14(20-23-21-15)16(22)19-9-8-18-10-12-6-3-5-11-4-1-2-7-13(11)12/h1-7,18H,8-10H2,(H2,17,21)(H,19,22)/p+1. The van der Waals surface area contributed by atoms with Crippen molar-refractivity contribution in [3.05, 3.63) is 53.7 Å². The van der Waals surface area contributed by atoms with E-state index in [2.05, 4.69) is 55.9 Å². The minimum absolute atomic E-state index is 0.00207. The molecule has 0 fully saturated rings. The molecule has 0 aliphatic heterocycles. The maximum atomic E-state index is 11.8. The first-order chi connectivity index (χ1) is 11.3. The van der Waals surface area contributed by atoms with E-state index in [4.69, 9.17) is 5.73 Å². The second-order valence-electron chi connectivity index (χ2n) is 5.17. The molecule has 1 amide bonds. The highest BCUT2D eigenvalue weighted by atomic mass is 16.6. The van der Waals surface area contributed by atoms with Gasteiger partial charge in [-0.3, -0.25) is 4.79 Å². The number of carbonyl (C=O) groups excluding carboxylic acids is 1. The fourth-order valence-electron chi connectivity index (χ4n) is 2.45. The van der Waals surface area contributed by atoms with Crippen LogP contribution >= 0.6 is 0 Å². The van der Waals surface area contributed by atoms with Crippen LogP contribution in [0.25, 0.3) is 10.8 Å². The maximum absolute atomic E-state index is 11.8. The molecule has 23 heavy (non-hydrogen) atoms. The fraction of sp³-hybridized carbons (Fsp3) is 0.188. The summed E-state index contributed by atoms with van der Waals surface area (Å²) in [7, 11) is 0. The number of hydrogen-bond donors (Lipinski definition) is 3. The number of carbonyl (C=O) groups is 1. The second kappa shape index (κ2) is 6.89. The first kappa shape index (κ1) is 15.0. The van der Waals surface area contributed by atoms with Crippen LogP contribution in [0.2, 0.25) is 0 Å². The number of hydrogen-bond acceptors (Lipinski definition) is 5. The lowest BCUT2D eigenvalue weighted by Gasteiger charge is -2.06. The number of quaternary nitrogens is 1. The van der Waals surface area contributed by atoms with Crippen molar-refractivity contribution in [2.45, 2.75) is 6.54 Å². The van der Waals surface area contributed by atoms with Crippen LogP contribution in [0.1, 0.15) is 16.1 Å². The van der Waals surface area contributed by atoms with Crippen LogP contribution < -0.4 is 16.4 Å². The highest BCUT2D eigenvalue weighted by Crippen LogP contribution is 2.17. The van der Waals surface area contributed by atoms with Gasteiger partial charge < -0.3 is 16.4 Å². The van der Waals surface area contributed by atoms with Crippen LogP contribution in [0.5, 0.6) is 0 Å².